The maximum absolute atomic E-state index is 12.7. The quantitative estimate of drug-likeness (QED) is 0.353. The van der Waals surface area contributed by atoms with Crippen LogP contribution in [0.1, 0.15) is 11.1 Å². The molecule has 0 aromatic heterocycles. The molecule has 0 radical (unpaired) electrons. The second kappa shape index (κ2) is 10.5. The third-order valence-electron chi connectivity index (χ3n) is 5.35. The van der Waals surface area contributed by atoms with E-state index < -0.39 is 5.91 Å². The number of carbonyl (C=O) groups is 1. The van der Waals surface area contributed by atoms with Crippen LogP contribution in [0.4, 0.5) is 0 Å². The van der Waals surface area contributed by atoms with E-state index in [2.05, 4.69) is 10.1 Å². The van der Waals surface area contributed by atoms with Gasteiger partial charge in [-0.3, -0.25) is 10.2 Å². The number of methoxy groups -OCH3 is 1. The molecule has 2 aliphatic rings. The predicted octanol–water partition coefficient (Wildman–Crippen LogP) is 4.82. The van der Waals surface area contributed by atoms with Crippen LogP contribution in [0.2, 0.25) is 0 Å². The second-order valence-corrected chi connectivity index (χ2v) is 8.66. The first-order chi connectivity index (χ1) is 17.6. The van der Waals surface area contributed by atoms with Crippen molar-refractivity contribution in [1.82, 2.24) is 5.01 Å². The van der Waals surface area contributed by atoms with Crippen molar-refractivity contribution in [3.05, 3.63) is 95.6 Å². The molecule has 2 heterocycles. The van der Waals surface area contributed by atoms with Gasteiger partial charge in [0, 0.05) is 5.56 Å². The highest BCUT2D eigenvalue weighted by molar-refractivity contribution is 8.27. The molecule has 1 amide bonds. The first-order valence-corrected chi connectivity index (χ1v) is 12.0. The number of fused-ring (bicyclic) bond motifs is 1. The van der Waals surface area contributed by atoms with E-state index in [0.717, 1.165) is 11.1 Å². The number of amidine groups is 2. The maximum Gasteiger partial charge on any atom is 0.283 e. The minimum absolute atomic E-state index is 0.00255. The molecule has 0 saturated heterocycles. The van der Waals surface area contributed by atoms with Crippen LogP contribution in [0.3, 0.4) is 0 Å². The lowest BCUT2D eigenvalue weighted by atomic mass is 10.1. The average molecular weight is 499 g/mol. The molecule has 0 fully saturated rings. The van der Waals surface area contributed by atoms with Crippen LogP contribution < -0.4 is 14.2 Å². The lowest BCUT2D eigenvalue weighted by Crippen LogP contribution is -2.35. The minimum Gasteiger partial charge on any atom is -0.493 e. The van der Waals surface area contributed by atoms with Crippen molar-refractivity contribution >= 4 is 39.8 Å². The average Bonchev–Trinajstić information content (AvgIpc) is 3.35. The first kappa shape index (κ1) is 23.4. The van der Waals surface area contributed by atoms with Gasteiger partial charge in [-0.1, -0.05) is 54.6 Å². The topological polar surface area (TPSA) is 96.6 Å². The van der Waals surface area contributed by atoms with E-state index in [4.69, 9.17) is 19.6 Å². The fraction of sp³-hybridized carbons (Fsp3) is 0.111. The van der Waals surface area contributed by atoms with Crippen molar-refractivity contribution < 1.29 is 19.0 Å². The molecule has 8 nitrogen and oxygen atoms in total. The monoisotopic (exact) mass is 498 g/mol. The summed E-state index contributed by atoms with van der Waals surface area (Å²) >= 11 is 1.28. The number of aliphatic imine (C=N–C) groups is 1. The molecule has 3 aromatic rings. The Balaban J connectivity index is 1.22. The molecule has 0 atom stereocenters. The van der Waals surface area contributed by atoms with Gasteiger partial charge in [0.2, 0.25) is 5.17 Å². The standard InChI is InChI=1S/C27H22N4O4S/c1-33-22-9-5-6-10-23(22)35-16-15-34-20-13-11-18(12-14-20)17-21-24(28)31-27(29-25(21)32)36-26(30-31)19-7-3-2-4-8-19/h2-14,17,28H,15-16H2,1H3. The van der Waals surface area contributed by atoms with E-state index in [-0.39, 0.29) is 11.4 Å². The number of hydrazone groups is 1. The SMILES string of the molecule is COc1ccccc1OCCOc1ccc(C=C2C(=N)N3N=C(c4ccccc4)SC3=NC2=O)cc1. The normalized spacial score (nSPS) is 15.9. The largest absolute Gasteiger partial charge is 0.493 e. The van der Waals surface area contributed by atoms with Gasteiger partial charge in [0.05, 0.1) is 12.7 Å². The number of nitrogens with one attached hydrogen (secondary N) is 1. The number of hydrogen-bond acceptors (Lipinski definition) is 7. The van der Waals surface area contributed by atoms with Crippen LogP contribution in [0.5, 0.6) is 17.2 Å². The lowest BCUT2D eigenvalue weighted by molar-refractivity contribution is -0.114. The molecule has 2 aliphatic heterocycles. The number of thioether (sulfide) groups is 1. The Morgan fingerprint density at radius 1 is 0.917 bits per heavy atom. The van der Waals surface area contributed by atoms with Crippen molar-refractivity contribution in [2.45, 2.75) is 0 Å². The number of nitrogens with zero attached hydrogens (tertiary/aromatic N) is 3. The van der Waals surface area contributed by atoms with Gasteiger partial charge in [0.1, 0.15) is 24.0 Å². The lowest BCUT2D eigenvalue weighted by Gasteiger charge is -2.20. The van der Waals surface area contributed by atoms with Gasteiger partial charge in [0.25, 0.3) is 5.91 Å². The molecule has 0 aliphatic carbocycles. The highest BCUT2D eigenvalue weighted by atomic mass is 32.2. The number of hydrogen-bond donors (Lipinski definition) is 1. The Morgan fingerprint density at radius 3 is 2.36 bits per heavy atom. The van der Waals surface area contributed by atoms with Gasteiger partial charge in [-0.15, -0.1) is 0 Å². The molecule has 3 aromatic carbocycles. The van der Waals surface area contributed by atoms with Gasteiger partial charge in [0.15, 0.2) is 17.3 Å². The molecule has 0 unspecified atom stereocenters. The van der Waals surface area contributed by atoms with Crippen molar-refractivity contribution in [1.29, 1.82) is 5.41 Å². The number of para-hydroxylation sites is 2. The maximum atomic E-state index is 12.7. The van der Waals surface area contributed by atoms with Crippen molar-refractivity contribution in [3.8, 4) is 17.2 Å². The Kier molecular flexibility index (Phi) is 6.81. The zero-order valence-corrected chi connectivity index (χ0v) is 20.2. The Morgan fingerprint density at radius 2 is 1.61 bits per heavy atom. The summed E-state index contributed by atoms with van der Waals surface area (Å²) in [6.45, 7) is 0.713. The number of amides is 1. The van der Waals surface area contributed by atoms with Gasteiger partial charge in [-0.2, -0.15) is 15.1 Å². The first-order valence-electron chi connectivity index (χ1n) is 11.2. The predicted molar refractivity (Wildman–Crippen MR) is 141 cm³/mol. The Labute approximate surface area is 212 Å². The molecule has 36 heavy (non-hydrogen) atoms. The van der Waals surface area contributed by atoms with Crippen LogP contribution in [-0.4, -0.2) is 47.3 Å². The van der Waals surface area contributed by atoms with Crippen molar-refractivity contribution in [2.24, 2.45) is 10.1 Å². The summed E-state index contributed by atoms with van der Waals surface area (Å²) in [5, 5.41) is 15.5. The van der Waals surface area contributed by atoms with Crippen LogP contribution in [0.25, 0.3) is 6.08 Å². The minimum atomic E-state index is -0.461. The summed E-state index contributed by atoms with van der Waals surface area (Å²) < 4.78 is 16.7. The Bertz CT molecular complexity index is 1380. The number of benzene rings is 3. The third-order valence-corrected chi connectivity index (χ3v) is 6.30. The van der Waals surface area contributed by atoms with Gasteiger partial charge < -0.3 is 14.2 Å². The zero-order valence-electron chi connectivity index (χ0n) is 19.4. The summed E-state index contributed by atoms with van der Waals surface area (Å²) in [5.74, 6) is 1.53. The third kappa shape index (κ3) is 5.01. The highest BCUT2D eigenvalue weighted by Crippen LogP contribution is 2.31. The Hall–Kier alpha value is -4.37. The molecule has 1 N–H and O–H groups in total. The van der Waals surface area contributed by atoms with Crippen LogP contribution >= 0.6 is 11.8 Å². The van der Waals surface area contributed by atoms with Crippen LogP contribution in [0, 0.1) is 5.41 Å². The van der Waals surface area contributed by atoms with E-state index in [1.807, 2.05) is 66.7 Å². The molecule has 0 bridgehead atoms. The molecular weight excluding hydrogens is 476 g/mol. The van der Waals surface area contributed by atoms with Crippen molar-refractivity contribution in [3.63, 3.8) is 0 Å². The van der Waals surface area contributed by atoms with E-state index in [9.17, 15) is 4.79 Å². The molecule has 180 valence electrons. The number of ether oxygens (including phenoxy) is 3. The van der Waals surface area contributed by atoms with Gasteiger partial charge in [-0.25, -0.2) is 0 Å². The molecule has 5 rings (SSSR count). The highest BCUT2D eigenvalue weighted by Gasteiger charge is 2.35. The number of rotatable bonds is 8. The summed E-state index contributed by atoms with van der Waals surface area (Å²) in [4.78, 5) is 16.8. The number of carbonyl (C=O) groups excluding carboxylic acids is 1. The fourth-order valence-corrected chi connectivity index (χ4v) is 4.46. The zero-order chi connectivity index (χ0) is 24.9. The molecular formula is C27H22N4O4S. The second-order valence-electron chi connectivity index (χ2n) is 7.71. The summed E-state index contributed by atoms with van der Waals surface area (Å²) in [5.41, 5.74) is 1.84. The van der Waals surface area contributed by atoms with Crippen molar-refractivity contribution in [2.75, 3.05) is 20.3 Å². The molecule has 0 spiro atoms. The van der Waals surface area contributed by atoms with E-state index >= 15 is 0 Å². The smallest absolute Gasteiger partial charge is 0.283 e. The summed E-state index contributed by atoms with van der Waals surface area (Å²) in [6.07, 6.45) is 1.64. The van der Waals surface area contributed by atoms with Gasteiger partial charge in [-0.05, 0) is 47.7 Å². The van der Waals surface area contributed by atoms with E-state index in [1.54, 1.807) is 25.3 Å². The molecule has 0 saturated carbocycles. The van der Waals surface area contributed by atoms with Gasteiger partial charge >= 0.3 is 0 Å². The van der Waals surface area contributed by atoms with Crippen LogP contribution in [-0.2, 0) is 4.79 Å². The fourth-order valence-electron chi connectivity index (χ4n) is 3.57. The summed E-state index contributed by atoms with van der Waals surface area (Å²) in [7, 11) is 1.60. The molecule has 9 heteroatoms. The summed E-state index contributed by atoms with van der Waals surface area (Å²) in [6, 6.07) is 24.3. The van der Waals surface area contributed by atoms with E-state index in [0.29, 0.717) is 40.7 Å². The van der Waals surface area contributed by atoms with Crippen LogP contribution in [0.15, 0.2) is 94.5 Å². The van der Waals surface area contributed by atoms with E-state index in [1.165, 1.54) is 16.8 Å².